The molecule has 0 unspecified atom stereocenters. The highest BCUT2D eigenvalue weighted by atomic mass is 32.2. The van der Waals surface area contributed by atoms with Crippen LogP contribution in [0.15, 0.2) is 16.0 Å². The molecule has 0 N–H and O–H groups in total. The van der Waals surface area contributed by atoms with E-state index in [0.717, 1.165) is 5.75 Å². The van der Waals surface area contributed by atoms with E-state index in [9.17, 15) is 0 Å². The first-order valence-corrected chi connectivity index (χ1v) is 3.10. The molecule has 0 atom stereocenters. The third-order valence-corrected chi connectivity index (χ3v) is 1.19. The van der Waals surface area contributed by atoms with Crippen LogP contribution < -0.4 is 0 Å². The standard InChI is InChI=1S/C4H5N2OS/c1-2-8-4-6-5-3-7-4/h3H,1-2H2. The smallest absolute Gasteiger partial charge is 0.276 e. The maximum atomic E-state index is 4.77. The Balaban J connectivity index is 2.50. The van der Waals surface area contributed by atoms with Crippen LogP contribution in [-0.2, 0) is 0 Å². The minimum atomic E-state index is 0.583. The molecule has 3 nitrogen and oxygen atoms in total. The predicted molar refractivity (Wildman–Crippen MR) is 30.4 cm³/mol. The molecule has 0 aliphatic carbocycles. The van der Waals surface area contributed by atoms with Crippen molar-refractivity contribution in [2.45, 2.75) is 5.22 Å². The molecule has 0 fully saturated rings. The second-order valence-electron chi connectivity index (χ2n) is 1.05. The molecule has 1 heterocycles. The van der Waals surface area contributed by atoms with Crippen molar-refractivity contribution in [2.24, 2.45) is 0 Å². The molecule has 8 heavy (non-hydrogen) atoms. The lowest BCUT2D eigenvalue weighted by Crippen LogP contribution is -1.70. The summed E-state index contributed by atoms with van der Waals surface area (Å²) in [5.41, 5.74) is 0. The summed E-state index contributed by atoms with van der Waals surface area (Å²) in [5.74, 6) is 0.724. The molecule has 0 spiro atoms. The normalized spacial score (nSPS) is 9.62. The van der Waals surface area contributed by atoms with Gasteiger partial charge in [-0.25, -0.2) is 0 Å². The van der Waals surface area contributed by atoms with Crippen molar-refractivity contribution in [2.75, 3.05) is 5.75 Å². The molecule has 1 radical (unpaired) electrons. The van der Waals surface area contributed by atoms with Gasteiger partial charge in [0.1, 0.15) is 0 Å². The fourth-order valence-electron chi connectivity index (χ4n) is 0.313. The minimum absolute atomic E-state index is 0.583. The summed E-state index contributed by atoms with van der Waals surface area (Å²) in [6.45, 7) is 3.60. The summed E-state index contributed by atoms with van der Waals surface area (Å²) >= 11 is 1.43. The van der Waals surface area contributed by atoms with Crippen LogP contribution in [0.2, 0.25) is 0 Å². The van der Waals surface area contributed by atoms with Crippen molar-refractivity contribution < 1.29 is 4.42 Å². The van der Waals surface area contributed by atoms with Crippen LogP contribution >= 0.6 is 11.8 Å². The number of rotatable bonds is 2. The summed E-state index contributed by atoms with van der Waals surface area (Å²) in [6, 6.07) is 0. The monoisotopic (exact) mass is 129 g/mol. The second-order valence-corrected chi connectivity index (χ2v) is 2.10. The zero-order valence-electron chi connectivity index (χ0n) is 4.20. The molecule has 4 heteroatoms. The number of hydrogen-bond acceptors (Lipinski definition) is 4. The fraction of sp³-hybridized carbons (Fsp3) is 0.250. The van der Waals surface area contributed by atoms with Gasteiger partial charge in [-0.05, 0) is 6.92 Å². The lowest BCUT2D eigenvalue weighted by atomic mass is 11.0. The van der Waals surface area contributed by atoms with Crippen molar-refractivity contribution in [3.63, 3.8) is 0 Å². The fourth-order valence-corrected chi connectivity index (χ4v) is 0.704. The predicted octanol–water partition coefficient (Wildman–Crippen LogP) is 0.996. The van der Waals surface area contributed by atoms with Gasteiger partial charge in [0.05, 0.1) is 0 Å². The molecule has 0 saturated carbocycles. The Hall–Kier alpha value is -0.510. The molecule has 0 aromatic carbocycles. The molecule has 0 bridgehead atoms. The Morgan fingerprint density at radius 1 is 1.88 bits per heavy atom. The minimum Gasteiger partial charge on any atom is -0.419 e. The number of thioether (sulfide) groups is 1. The topological polar surface area (TPSA) is 38.9 Å². The van der Waals surface area contributed by atoms with E-state index in [1.54, 1.807) is 0 Å². The van der Waals surface area contributed by atoms with Crippen molar-refractivity contribution in [1.82, 2.24) is 10.2 Å². The molecular formula is C4H5N2OS. The van der Waals surface area contributed by atoms with Crippen LogP contribution in [0.5, 0.6) is 0 Å². The Kier molecular flexibility index (Phi) is 1.91. The molecule has 0 aliphatic rings. The zero-order valence-corrected chi connectivity index (χ0v) is 5.02. The zero-order chi connectivity index (χ0) is 5.82. The lowest BCUT2D eigenvalue weighted by molar-refractivity contribution is 0.453. The number of hydrogen-bond donors (Lipinski definition) is 0. The van der Waals surface area contributed by atoms with E-state index in [-0.39, 0.29) is 0 Å². The van der Waals surface area contributed by atoms with Crippen molar-refractivity contribution in [3.8, 4) is 0 Å². The summed E-state index contributed by atoms with van der Waals surface area (Å²) in [4.78, 5) is 0. The summed E-state index contributed by atoms with van der Waals surface area (Å²) < 4.78 is 4.77. The average Bonchev–Trinajstić information content (AvgIpc) is 2.19. The van der Waals surface area contributed by atoms with E-state index >= 15 is 0 Å². The van der Waals surface area contributed by atoms with Gasteiger partial charge in [0, 0.05) is 5.75 Å². The van der Waals surface area contributed by atoms with Crippen molar-refractivity contribution in [1.29, 1.82) is 0 Å². The van der Waals surface area contributed by atoms with Crippen LogP contribution in [0.4, 0.5) is 0 Å². The summed E-state index contributed by atoms with van der Waals surface area (Å²) in [7, 11) is 0. The Labute approximate surface area is 51.5 Å². The van der Waals surface area contributed by atoms with E-state index in [1.165, 1.54) is 18.2 Å². The quantitative estimate of drug-likeness (QED) is 0.558. The van der Waals surface area contributed by atoms with Crippen LogP contribution in [0.3, 0.4) is 0 Å². The lowest BCUT2D eigenvalue weighted by Gasteiger charge is -1.81. The first-order valence-electron chi connectivity index (χ1n) is 2.11. The first-order chi connectivity index (χ1) is 3.93. The van der Waals surface area contributed by atoms with Gasteiger partial charge in [-0.15, -0.1) is 10.2 Å². The first kappa shape index (κ1) is 5.62. The third-order valence-electron chi connectivity index (χ3n) is 0.566. The Bertz CT molecular complexity index is 140. The van der Waals surface area contributed by atoms with Crippen LogP contribution in [0.25, 0.3) is 0 Å². The van der Waals surface area contributed by atoms with Gasteiger partial charge in [0.15, 0.2) is 0 Å². The van der Waals surface area contributed by atoms with Gasteiger partial charge >= 0.3 is 0 Å². The molecule has 0 amide bonds. The molecule has 1 aromatic heterocycles. The van der Waals surface area contributed by atoms with Crippen molar-refractivity contribution >= 4 is 11.8 Å². The van der Waals surface area contributed by atoms with Gasteiger partial charge in [-0.3, -0.25) is 0 Å². The van der Waals surface area contributed by atoms with Gasteiger partial charge in [-0.1, -0.05) is 11.8 Å². The molecule has 1 rings (SSSR count). The maximum absolute atomic E-state index is 4.77. The summed E-state index contributed by atoms with van der Waals surface area (Å²) in [6.07, 6.45) is 1.30. The van der Waals surface area contributed by atoms with E-state index < -0.39 is 0 Å². The second kappa shape index (κ2) is 2.71. The van der Waals surface area contributed by atoms with Crippen LogP contribution in [0, 0.1) is 6.92 Å². The highest BCUT2D eigenvalue weighted by Crippen LogP contribution is 2.11. The molecule has 0 saturated heterocycles. The average molecular weight is 129 g/mol. The SMILES string of the molecule is [CH2]CSc1nnco1. The highest BCUT2D eigenvalue weighted by Gasteiger charge is 1.93. The largest absolute Gasteiger partial charge is 0.419 e. The molecule has 43 valence electrons. The van der Waals surface area contributed by atoms with E-state index in [4.69, 9.17) is 4.42 Å². The Morgan fingerprint density at radius 3 is 3.25 bits per heavy atom. The molecule has 0 aliphatic heterocycles. The highest BCUT2D eigenvalue weighted by molar-refractivity contribution is 7.99. The van der Waals surface area contributed by atoms with Crippen molar-refractivity contribution in [3.05, 3.63) is 13.3 Å². The number of aromatic nitrogens is 2. The van der Waals surface area contributed by atoms with E-state index in [0.29, 0.717) is 5.22 Å². The van der Waals surface area contributed by atoms with Crippen LogP contribution in [0.1, 0.15) is 0 Å². The van der Waals surface area contributed by atoms with Gasteiger partial charge in [-0.2, -0.15) is 0 Å². The van der Waals surface area contributed by atoms with E-state index in [1.807, 2.05) is 0 Å². The molecule has 1 aromatic rings. The van der Waals surface area contributed by atoms with Gasteiger partial charge in [0.25, 0.3) is 5.22 Å². The molecular weight excluding hydrogens is 124 g/mol. The Morgan fingerprint density at radius 2 is 2.75 bits per heavy atom. The maximum Gasteiger partial charge on any atom is 0.276 e. The third kappa shape index (κ3) is 1.23. The van der Waals surface area contributed by atoms with Gasteiger partial charge < -0.3 is 4.42 Å². The van der Waals surface area contributed by atoms with E-state index in [2.05, 4.69) is 17.1 Å². The number of nitrogens with zero attached hydrogens (tertiary/aromatic N) is 2. The van der Waals surface area contributed by atoms with Gasteiger partial charge in [0.2, 0.25) is 6.39 Å². The van der Waals surface area contributed by atoms with Crippen LogP contribution in [-0.4, -0.2) is 16.0 Å². The summed E-state index contributed by atoms with van der Waals surface area (Å²) in [5, 5.41) is 7.67.